The number of nitrogens with zero attached hydrogens (tertiary/aromatic N) is 2. The topological polar surface area (TPSA) is 58.0 Å². The molecule has 3 aromatic rings. The fourth-order valence-electron chi connectivity index (χ4n) is 2.30. The van der Waals surface area contributed by atoms with Gasteiger partial charge in [-0.2, -0.15) is 0 Å². The molecule has 0 amide bonds. The molecule has 0 unspecified atom stereocenters. The van der Waals surface area contributed by atoms with Crippen LogP contribution in [0.1, 0.15) is 11.4 Å². The van der Waals surface area contributed by atoms with Gasteiger partial charge in [0.25, 0.3) is 0 Å². The van der Waals surface area contributed by atoms with Gasteiger partial charge in [-0.15, -0.1) is 11.3 Å². The van der Waals surface area contributed by atoms with Gasteiger partial charge < -0.3 is 10.4 Å². The van der Waals surface area contributed by atoms with Crippen molar-refractivity contribution < 1.29 is 5.11 Å². The van der Waals surface area contributed by atoms with Crippen LogP contribution in [0.2, 0.25) is 0 Å². The smallest absolute Gasteiger partial charge is 0.139 e. The number of hydrogen-bond donors (Lipinski definition) is 2. The lowest BCUT2D eigenvalue weighted by Gasteiger charge is -2.08. The molecule has 108 valence electrons. The van der Waals surface area contributed by atoms with E-state index in [-0.39, 0.29) is 6.61 Å². The molecule has 2 aromatic heterocycles. The molecule has 0 aliphatic heterocycles. The van der Waals surface area contributed by atoms with Crippen molar-refractivity contribution in [1.29, 1.82) is 0 Å². The molecule has 4 nitrogen and oxygen atoms in total. The van der Waals surface area contributed by atoms with Gasteiger partial charge in [0, 0.05) is 17.5 Å². The summed E-state index contributed by atoms with van der Waals surface area (Å²) in [6, 6.07) is 8.45. The zero-order valence-corrected chi connectivity index (χ0v) is 12.9. The van der Waals surface area contributed by atoms with Crippen molar-refractivity contribution in [2.45, 2.75) is 13.8 Å². The van der Waals surface area contributed by atoms with Gasteiger partial charge in [-0.3, -0.25) is 0 Å². The lowest BCUT2D eigenvalue weighted by atomic mass is 10.0. The van der Waals surface area contributed by atoms with Crippen molar-refractivity contribution in [3.05, 3.63) is 41.0 Å². The van der Waals surface area contributed by atoms with Gasteiger partial charge in [0.15, 0.2) is 0 Å². The Kier molecular flexibility index (Phi) is 3.86. The number of aliphatic hydroxyl groups is 1. The highest BCUT2D eigenvalue weighted by atomic mass is 32.1. The molecule has 2 heterocycles. The fraction of sp³-hybridized carbons (Fsp3) is 0.250. The van der Waals surface area contributed by atoms with Crippen molar-refractivity contribution in [3.8, 4) is 11.1 Å². The van der Waals surface area contributed by atoms with Crippen LogP contribution < -0.4 is 5.32 Å². The van der Waals surface area contributed by atoms with Crippen LogP contribution in [0.15, 0.2) is 29.6 Å². The maximum atomic E-state index is 9.03. The number of anilines is 1. The maximum Gasteiger partial charge on any atom is 0.139 e. The molecule has 0 atom stereocenters. The molecule has 0 saturated carbocycles. The highest BCUT2D eigenvalue weighted by Crippen LogP contribution is 2.36. The Morgan fingerprint density at radius 3 is 2.62 bits per heavy atom. The first-order valence-electron chi connectivity index (χ1n) is 6.86. The second-order valence-corrected chi connectivity index (χ2v) is 5.82. The molecule has 0 bridgehead atoms. The van der Waals surface area contributed by atoms with E-state index in [9.17, 15) is 0 Å². The number of rotatable bonds is 4. The molecular weight excluding hydrogens is 282 g/mol. The monoisotopic (exact) mass is 299 g/mol. The molecule has 3 rings (SSSR count). The van der Waals surface area contributed by atoms with E-state index in [0.717, 1.165) is 33.0 Å². The molecule has 0 radical (unpaired) electrons. The highest BCUT2D eigenvalue weighted by molar-refractivity contribution is 7.17. The minimum absolute atomic E-state index is 0.0779. The third-order valence-corrected chi connectivity index (χ3v) is 4.18. The van der Waals surface area contributed by atoms with Crippen LogP contribution in [-0.4, -0.2) is 28.2 Å². The van der Waals surface area contributed by atoms with Crippen LogP contribution in [0, 0.1) is 13.8 Å². The van der Waals surface area contributed by atoms with Crippen molar-refractivity contribution in [2.24, 2.45) is 0 Å². The number of aryl methyl sites for hydroxylation is 2. The minimum atomic E-state index is 0.0779. The Morgan fingerprint density at radius 1 is 1.14 bits per heavy atom. The lowest BCUT2D eigenvalue weighted by Crippen LogP contribution is -2.08. The van der Waals surface area contributed by atoms with E-state index in [1.807, 2.05) is 6.92 Å². The van der Waals surface area contributed by atoms with E-state index in [4.69, 9.17) is 5.11 Å². The lowest BCUT2D eigenvalue weighted by molar-refractivity contribution is 0.311. The second-order valence-electron chi connectivity index (χ2n) is 4.97. The third kappa shape index (κ3) is 2.75. The van der Waals surface area contributed by atoms with Gasteiger partial charge in [-0.1, -0.05) is 29.8 Å². The zero-order valence-electron chi connectivity index (χ0n) is 12.1. The molecule has 2 N–H and O–H groups in total. The van der Waals surface area contributed by atoms with E-state index in [2.05, 4.69) is 51.9 Å². The predicted octanol–water partition coefficient (Wildman–Crippen LogP) is 3.38. The number of thiophene rings is 1. The molecule has 21 heavy (non-hydrogen) atoms. The number of fused-ring (bicyclic) bond motifs is 1. The molecule has 0 fully saturated rings. The standard InChI is InChI=1S/C16H17N3OS/c1-10-3-5-12(6-4-10)13-9-21-16-14(13)15(17-7-8-20)18-11(2)19-16/h3-6,9,20H,7-8H2,1-2H3,(H,17,18,19). The summed E-state index contributed by atoms with van der Waals surface area (Å²) >= 11 is 1.62. The van der Waals surface area contributed by atoms with Crippen molar-refractivity contribution in [3.63, 3.8) is 0 Å². The summed E-state index contributed by atoms with van der Waals surface area (Å²) in [5, 5.41) is 15.4. The summed E-state index contributed by atoms with van der Waals surface area (Å²) in [6.45, 7) is 4.52. The van der Waals surface area contributed by atoms with E-state index < -0.39 is 0 Å². The van der Waals surface area contributed by atoms with Crippen LogP contribution in [0.25, 0.3) is 21.3 Å². The molecule has 0 spiro atoms. The van der Waals surface area contributed by atoms with Crippen LogP contribution in [0.3, 0.4) is 0 Å². The quantitative estimate of drug-likeness (QED) is 0.775. The summed E-state index contributed by atoms with van der Waals surface area (Å²) in [7, 11) is 0. The molecule has 0 saturated heterocycles. The van der Waals surface area contributed by atoms with Gasteiger partial charge in [-0.05, 0) is 19.4 Å². The largest absolute Gasteiger partial charge is 0.395 e. The average Bonchev–Trinajstić information content (AvgIpc) is 2.89. The zero-order chi connectivity index (χ0) is 14.8. The summed E-state index contributed by atoms with van der Waals surface area (Å²) in [5.74, 6) is 1.53. The van der Waals surface area contributed by atoms with Crippen LogP contribution in [0.5, 0.6) is 0 Å². The Balaban J connectivity index is 2.17. The first-order valence-corrected chi connectivity index (χ1v) is 7.74. The number of aromatic nitrogens is 2. The van der Waals surface area contributed by atoms with Gasteiger partial charge >= 0.3 is 0 Å². The van der Waals surface area contributed by atoms with Crippen LogP contribution >= 0.6 is 11.3 Å². The number of hydrogen-bond acceptors (Lipinski definition) is 5. The van der Waals surface area contributed by atoms with E-state index in [1.165, 1.54) is 5.56 Å². The molecule has 0 aliphatic carbocycles. The van der Waals surface area contributed by atoms with Crippen molar-refractivity contribution >= 4 is 27.4 Å². The molecule has 5 heteroatoms. The number of nitrogens with one attached hydrogen (secondary N) is 1. The number of aliphatic hydroxyl groups excluding tert-OH is 1. The third-order valence-electron chi connectivity index (χ3n) is 3.31. The Labute approximate surface area is 127 Å². The Bertz CT molecular complexity index is 765. The summed E-state index contributed by atoms with van der Waals surface area (Å²) in [6.07, 6.45) is 0. The van der Waals surface area contributed by atoms with E-state index in [1.54, 1.807) is 11.3 Å². The van der Waals surface area contributed by atoms with Crippen molar-refractivity contribution in [2.75, 3.05) is 18.5 Å². The summed E-state index contributed by atoms with van der Waals surface area (Å²) in [4.78, 5) is 9.97. The SMILES string of the molecule is Cc1ccc(-c2csc3nc(C)nc(NCCO)c23)cc1. The highest BCUT2D eigenvalue weighted by Gasteiger charge is 2.14. The predicted molar refractivity (Wildman–Crippen MR) is 87.9 cm³/mol. The van der Waals surface area contributed by atoms with Gasteiger partial charge in [0.05, 0.1) is 12.0 Å². The minimum Gasteiger partial charge on any atom is -0.395 e. The van der Waals surface area contributed by atoms with E-state index in [0.29, 0.717) is 6.54 Å². The Morgan fingerprint density at radius 2 is 1.90 bits per heavy atom. The first kappa shape index (κ1) is 14.0. The maximum absolute atomic E-state index is 9.03. The van der Waals surface area contributed by atoms with Crippen molar-refractivity contribution in [1.82, 2.24) is 9.97 Å². The fourth-order valence-corrected chi connectivity index (χ4v) is 3.29. The average molecular weight is 299 g/mol. The summed E-state index contributed by atoms with van der Waals surface area (Å²) < 4.78 is 0. The first-order chi connectivity index (χ1) is 10.2. The molecule has 0 aliphatic rings. The van der Waals surface area contributed by atoms with Crippen LogP contribution in [-0.2, 0) is 0 Å². The second kappa shape index (κ2) is 5.79. The number of benzene rings is 1. The van der Waals surface area contributed by atoms with Gasteiger partial charge in [-0.25, -0.2) is 9.97 Å². The summed E-state index contributed by atoms with van der Waals surface area (Å²) in [5.41, 5.74) is 3.53. The Hall–Kier alpha value is -1.98. The normalized spacial score (nSPS) is 11.0. The van der Waals surface area contributed by atoms with Gasteiger partial charge in [0.2, 0.25) is 0 Å². The molecular formula is C16H17N3OS. The molecule has 1 aromatic carbocycles. The van der Waals surface area contributed by atoms with E-state index >= 15 is 0 Å². The van der Waals surface area contributed by atoms with Crippen LogP contribution in [0.4, 0.5) is 5.82 Å². The van der Waals surface area contributed by atoms with Gasteiger partial charge in [0.1, 0.15) is 16.5 Å².